The van der Waals surface area contributed by atoms with E-state index < -0.39 is 16.0 Å². The lowest BCUT2D eigenvalue weighted by Crippen LogP contribution is -2.25. The van der Waals surface area contributed by atoms with E-state index in [4.69, 9.17) is 0 Å². The van der Waals surface area contributed by atoms with Crippen LogP contribution in [0.4, 0.5) is 17.1 Å². The maximum absolute atomic E-state index is 11.2. The third-order valence-electron chi connectivity index (χ3n) is 5.32. The number of nitro groups is 2. The van der Waals surface area contributed by atoms with Crippen molar-refractivity contribution in [1.82, 2.24) is 4.57 Å². The third kappa shape index (κ3) is 3.90. The Bertz CT molecular complexity index is 1240. The number of rotatable bonds is 7. The van der Waals surface area contributed by atoms with E-state index in [1.165, 1.54) is 24.3 Å². The minimum atomic E-state index is -0.760. The zero-order valence-corrected chi connectivity index (χ0v) is 16.7. The van der Waals surface area contributed by atoms with E-state index >= 15 is 0 Å². The van der Waals surface area contributed by atoms with Crippen molar-refractivity contribution in [3.05, 3.63) is 86.5 Å². The smallest absolute Gasteiger partial charge is 0.270 e. The topological polar surface area (TPSA) is 123 Å². The summed E-state index contributed by atoms with van der Waals surface area (Å²) in [6.07, 6.45) is -0.760. The molecule has 0 aliphatic heterocycles. The van der Waals surface area contributed by atoms with Crippen LogP contribution < -0.4 is 5.32 Å². The number of non-ortho nitro benzene ring substituents is 2. The van der Waals surface area contributed by atoms with Crippen LogP contribution in [0.5, 0.6) is 0 Å². The molecule has 4 aromatic rings. The molecule has 0 saturated heterocycles. The minimum Gasteiger partial charge on any atom is -0.389 e. The molecule has 2 N–H and O–H groups in total. The molecule has 0 aliphatic carbocycles. The molecule has 1 aromatic heterocycles. The van der Waals surface area contributed by atoms with Crippen molar-refractivity contribution >= 4 is 38.9 Å². The van der Waals surface area contributed by atoms with Crippen molar-refractivity contribution in [3.63, 3.8) is 0 Å². The highest BCUT2D eigenvalue weighted by molar-refractivity contribution is 6.09. The Hall–Kier alpha value is -3.98. The van der Waals surface area contributed by atoms with Gasteiger partial charge in [-0.05, 0) is 30.7 Å². The van der Waals surface area contributed by atoms with Crippen LogP contribution in [0.25, 0.3) is 21.8 Å². The summed E-state index contributed by atoms with van der Waals surface area (Å²) in [5, 5.41) is 37.4. The molecule has 9 heteroatoms. The lowest BCUT2D eigenvalue weighted by atomic mass is 10.1. The summed E-state index contributed by atoms with van der Waals surface area (Å²) in [5.74, 6) is 0. The van der Waals surface area contributed by atoms with Crippen molar-refractivity contribution in [2.24, 2.45) is 0 Å². The van der Waals surface area contributed by atoms with Gasteiger partial charge in [0.1, 0.15) is 0 Å². The van der Waals surface area contributed by atoms with E-state index in [0.717, 1.165) is 11.3 Å². The maximum atomic E-state index is 11.2. The molecule has 31 heavy (non-hydrogen) atoms. The largest absolute Gasteiger partial charge is 0.389 e. The Morgan fingerprint density at radius 3 is 2.00 bits per heavy atom. The molecule has 0 saturated carbocycles. The van der Waals surface area contributed by atoms with Crippen LogP contribution in [0.15, 0.2) is 60.7 Å². The number of hydrogen-bond acceptors (Lipinski definition) is 6. The predicted molar refractivity (Wildman–Crippen MR) is 118 cm³/mol. The molecule has 0 spiro atoms. The van der Waals surface area contributed by atoms with Gasteiger partial charge >= 0.3 is 0 Å². The average molecular weight is 420 g/mol. The first-order valence-electron chi connectivity index (χ1n) is 9.67. The van der Waals surface area contributed by atoms with Gasteiger partial charge in [0.05, 0.1) is 22.5 Å². The Labute approximate surface area is 176 Å². The van der Waals surface area contributed by atoms with Crippen LogP contribution in [0, 0.1) is 27.2 Å². The fourth-order valence-corrected chi connectivity index (χ4v) is 3.78. The zero-order valence-electron chi connectivity index (χ0n) is 16.7. The molecule has 0 amide bonds. The Morgan fingerprint density at radius 1 is 0.935 bits per heavy atom. The van der Waals surface area contributed by atoms with Crippen molar-refractivity contribution in [2.75, 3.05) is 11.9 Å². The summed E-state index contributed by atoms with van der Waals surface area (Å²) < 4.78 is 1.84. The van der Waals surface area contributed by atoms with Crippen molar-refractivity contribution in [2.45, 2.75) is 19.6 Å². The molecule has 1 heterocycles. The fourth-order valence-electron chi connectivity index (χ4n) is 3.78. The van der Waals surface area contributed by atoms with Crippen LogP contribution in [0.2, 0.25) is 0 Å². The molecule has 0 fully saturated rings. The van der Waals surface area contributed by atoms with E-state index in [9.17, 15) is 25.3 Å². The number of benzene rings is 3. The zero-order chi connectivity index (χ0) is 22.1. The summed E-state index contributed by atoms with van der Waals surface area (Å²) in [6, 6.07) is 16.6. The van der Waals surface area contributed by atoms with Gasteiger partial charge in [-0.15, -0.1) is 0 Å². The fraction of sp³-hybridized carbons (Fsp3) is 0.182. The van der Waals surface area contributed by atoms with Gasteiger partial charge in [0.25, 0.3) is 11.4 Å². The van der Waals surface area contributed by atoms with Crippen molar-refractivity contribution in [1.29, 1.82) is 0 Å². The van der Waals surface area contributed by atoms with Gasteiger partial charge in [0.15, 0.2) is 0 Å². The van der Waals surface area contributed by atoms with Crippen LogP contribution in [-0.4, -0.2) is 32.2 Å². The first-order chi connectivity index (χ1) is 14.8. The van der Waals surface area contributed by atoms with Gasteiger partial charge in [-0.2, -0.15) is 0 Å². The molecule has 1 atom stereocenters. The predicted octanol–water partition coefficient (Wildman–Crippen LogP) is 4.39. The standard InChI is InChI=1S/C22H20N4O5/c1-14-4-2-3-5-20(14)23-12-17(27)13-24-21-8-6-15(25(28)29)10-18(21)19-11-16(26(30)31)7-9-22(19)24/h2-11,17,23,27H,12-13H2,1H3. The van der Waals surface area contributed by atoms with E-state index in [1.807, 2.05) is 35.8 Å². The summed E-state index contributed by atoms with van der Waals surface area (Å²) in [5.41, 5.74) is 3.12. The summed E-state index contributed by atoms with van der Waals surface area (Å²) in [4.78, 5) is 21.5. The SMILES string of the molecule is Cc1ccccc1NCC(O)Cn1c2ccc([N+](=O)[O-])cc2c2cc([N+](=O)[O-])ccc21. The normalized spacial score (nSPS) is 12.2. The second-order valence-electron chi connectivity index (χ2n) is 7.38. The number of nitrogens with zero attached hydrogens (tertiary/aromatic N) is 3. The lowest BCUT2D eigenvalue weighted by molar-refractivity contribution is -0.385. The molecule has 158 valence electrons. The van der Waals surface area contributed by atoms with Crippen LogP contribution in [0.3, 0.4) is 0 Å². The number of anilines is 1. The van der Waals surface area contributed by atoms with E-state index in [2.05, 4.69) is 5.32 Å². The highest BCUT2D eigenvalue weighted by Gasteiger charge is 2.19. The number of hydrogen-bond donors (Lipinski definition) is 2. The van der Waals surface area contributed by atoms with E-state index in [0.29, 0.717) is 28.4 Å². The number of nitro benzene ring substituents is 2. The Kier molecular flexibility index (Phi) is 5.26. The second kappa shape index (κ2) is 8.04. The highest BCUT2D eigenvalue weighted by atomic mass is 16.6. The third-order valence-corrected chi connectivity index (χ3v) is 5.32. The quantitative estimate of drug-likeness (QED) is 0.337. The molecule has 9 nitrogen and oxygen atoms in total. The van der Waals surface area contributed by atoms with Crippen LogP contribution in [0.1, 0.15) is 5.56 Å². The number of para-hydroxylation sites is 1. The molecule has 0 bridgehead atoms. The van der Waals surface area contributed by atoms with Crippen molar-refractivity contribution < 1.29 is 15.0 Å². The molecular weight excluding hydrogens is 400 g/mol. The molecule has 0 aliphatic rings. The van der Waals surface area contributed by atoms with Gasteiger partial charge in [-0.1, -0.05) is 18.2 Å². The summed E-state index contributed by atoms with van der Waals surface area (Å²) in [7, 11) is 0. The monoisotopic (exact) mass is 420 g/mol. The highest BCUT2D eigenvalue weighted by Crippen LogP contribution is 2.34. The Morgan fingerprint density at radius 2 is 1.48 bits per heavy atom. The van der Waals surface area contributed by atoms with Gasteiger partial charge in [-0.25, -0.2) is 0 Å². The number of aryl methyl sites for hydroxylation is 1. The van der Waals surface area contributed by atoms with Crippen LogP contribution >= 0.6 is 0 Å². The Balaban J connectivity index is 1.72. The number of fused-ring (bicyclic) bond motifs is 3. The molecule has 1 unspecified atom stereocenters. The van der Waals surface area contributed by atoms with Crippen molar-refractivity contribution in [3.8, 4) is 0 Å². The van der Waals surface area contributed by atoms with Gasteiger partial charge < -0.3 is 15.0 Å². The minimum absolute atomic E-state index is 0.0974. The first kappa shape index (κ1) is 20.3. The molecule has 0 radical (unpaired) electrons. The summed E-state index contributed by atoms with van der Waals surface area (Å²) >= 11 is 0. The molecule has 4 rings (SSSR count). The number of nitrogens with one attached hydrogen (secondary N) is 1. The van der Waals surface area contributed by atoms with Crippen LogP contribution in [-0.2, 0) is 6.54 Å². The average Bonchev–Trinajstić information content (AvgIpc) is 3.05. The molecule has 3 aromatic carbocycles. The second-order valence-corrected chi connectivity index (χ2v) is 7.38. The molecular formula is C22H20N4O5. The summed E-state index contributed by atoms with van der Waals surface area (Å²) in [6.45, 7) is 2.49. The number of aliphatic hydroxyl groups is 1. The van der Waals surface area contributed by atoms with Gasteiger partial charge in [0.2, 0.25) is 0 Å². The number of aliphatic hydroxyl groups excluding tert-OH is 1. The number of aromatic nitrogens is 1. The van der Waals surface area contributed by atoms with E-state index in [1.54, 1.807) is 12.1 Å². The lowest BCUT2D eigenvalue weighted by Gasteiger charge is -2.16. The van der Waals surface area contributed by atoms with E-state index in [-0.39, 0.29) is 17.9 Å². The first-order valence-corrected chi connectivity index (χ1v) is 9.67. The van der Waals surface area contributed by atoms with Gasteiger partial charge in [-0.3, -0.25) is 20.2 Å². The van der Waals surface area contributed by atoms with Gasteiger partial charge in [0, 0.05) is 58.3 Å². The maximum Gasteiger partial charge on any atom is 0.270 e.